The molecule has 1 heterocycles. The van der Waals surface area contributed by atoms with Crippen molar-refractivity contribution in [2.24, 2.45) is 10.2 Å². The Morgan fingerprint density at radius 3 is 2.30 bits per heavy atom. The van der Waals surface area contributed by atoms with E-state index in [1.54, 1.807) is 42.5 Å². The highest BCUT2D eigenvalue weighted by Gasteiger charge is 2.16. The van der Waals surface area contributed by atoms with Crippen molar-refractivity contribution >= 4 is 39.8 Å². The summed E-state index contributed by atoms with van der Waals surface area (Å²) in [6, 6.07) is 23.4. The van der Waals surface area contributed by atoms with Crippen molar-refractivity contribution in [3.05, 3.63) is 84.6 Å². The van der Waals surface area contributed by atoms with Crippen molar-refractivity contribution in [2.45, 2.75) is 0 Å². The Bertz CT molecular complexity index is 1200. The maximum absolute atomic E-state index is 12.2. The Morgan fingerprint density at radius 1 is 0.867 bits per heavy atom. The molecule has 4 rings (SSSR count). The average molecular weight is 399 g/mol. The molecule has 0 fully saturated rings. The van der Waals surface area contributed by atoms with Gasteiger partial charge in [-0.25, -0.2) is 4.79 Å². The third kappa shape index (κ3) is 4.56. The Morgan fingerprint density at radius 2 is 1.53 bits per heavy atom. The Kier molecular flexibility index (Phi) is 5.56. The quantitative estimate of drug-likeness (QED) is 0.359. The summed E-state index contributed by atoms with van der Waals surface area (Å²) >= 11 is 0. The summed E-state index contributed by atoms with van der Waals surface area (Å²) in [7, 11) is 0. The van der Waals surface area contributed by atoms with E-state index >= 15 is 0 Å². The van der Waals surface area contributed by atoms with Gasteiger partial charge in [-0.15, -0.1) is 0 Å². The van der Waals surface area contributed by atoms with Crippen molar-refractivity contribution in [3.63, 3.8) is 0 Å². The molecule has 0 radical (unpaired) electrons. The van der Waals surface area contributed by atoms with Crippen LogP contribution >= 0.6 is 0 Å². The third-order valence-corrected chi connectivity index (χ3v) is 4.19. The van der Waals surface area contributed by atoms with E-state index in [9.17, 15) is 9.59 Å². The lowest BCUT2D eigenvalue weighted by molar-refractivity contribution is -0.119. The van der Waals surface area contributed by atoms with Crippen LogP contribution in [0.25, 0.3) is 10.9 Å². The smallest absolute Gasteiger partial charge is 0.359 e. The van der Waals surface area contributed by atoms with Crippen LogP contribution in [-0.4, -0.2) is 28.7 Å². The summed E-state index contributed by atoms with van der Waals surface area (Å²) in [5.74, 6) is -1.12. The first kappa shape index (κ1) is 19.0. The minimum atomic E-state index is -0.667. The summed E-state index contributed by atoms with van der Waals surface area (Å²) in [6.45, 7) is -0.421. The summed E-state index contributed by atoms with van der Waals surface area (Å²) < 4.78 is 5.07. The summed E-state index contributed by atoms with van der Waals surface area (Å²) in [6.07, 6.45) is 0. The molecule has 0 saturated carbocycles. The molecule has 0 spiro atoms. The molecule has 2 N–H and O–H groups in total. The fraction of sp³-hybridized carbons (Fsp3) is 0.0455. The van der Waals surface area contributed by atoms with Gasteiger partial charge in [0.1, 0.15) is 0 Å². The molecule has 0 aliphatic rings. The van der Waals surface area contributed by atoms with Crippen LogP contribution in [-0.2, 0) is 9.53 Å². The molecule has 0 unspecified atom stereocenters. The number of carbonyl (C=O) groups excluding carboxylic acids is 2. The van der Waals surface area contributed by atoms with Gasteiger partial charge in [-0.05, 0) is 42.5 Å². The number of nitrogens with zero attached hydrogens (tertiary/aromatic N) is 3. The van der Waals surface area contributed by atoms with Crippen LogP contribution in [0.4, 0.5) is 17.1 Å². The largest absolute Gasteiger partial charge is 0.451 e. The SMILES string of the molecule is O=C(COC(=O)c1n[nH]c2ccccc12)Nc1ccc(N=Nc2ccccc2)cc1. The number of ether oxygens (including phenoxy) is 1. The van der Waals surface area contributed by atoms with Gasteiger partial charge in [-0.1, -0.05) is 36.4 Å². The van der Waals surface area contributed by atoms with E-state index in [2.05, 4.69) is 25.7 Å². The molecule has 4 aromatic rings. The van der Waals surface area contributed by atoms with Crippen LogP contribution in [0.15, 0.2) is 89.1 Å². The van der Waals surface area contributed by atoms with E-state index in [0.29, 0.717) is 16.8 Å². The molecular weight excluding hydrogens is 382 g/mol. The molecular formula is C22H17N5O3. The lowest BCUT2D eigenvalue weighted by Crippen LogP contribution is -2.21. The number of rotatable bonds is 6. The number of anilines is 1. The lowest BCUT2D eigenvalue weighted by atomic mass is 10.2. The summed E-state index contributed by atoms with van der Waals surface area (Å²) in [5.41, 5.74) is 2.82. The third-order valence-electron chi connectivity index (χ3n) is 4.19. The van der Waals surface area contributed by atoms with E-state index < -0.39 is 18.5 Å². The van der Waals surface area contributed by atoms with Crippen LogP contribution in [0.2, 0.25) is 0 Å². The van der Waals surface area contributed by atoms with Gasteiger partial charge < -0.3 is 10.1 Å². The van der Waals surface area contributed by atoms with E-state index in [1.165, 1.54) is 0 Å². The van der Waals surface area contributed by atoms with E-state index in [1.807, 2.05) is 36.4 Å². The minimum Gasteiger partial charge on any atom is -0.451 e. The molecule has 148 valence electrons. The lowest BCUT2D eigenvalue weighted by Gasteiger charge is -2.06. The molecule has 30 heavy (non-hydrogen) atoms. The van der Waals surface area contributed by atoms with Gasteiger partial charge in [0.15, 0.2) is 12.3 Å². The average Bonchev–Trinajstić information content (AvgIpc) is 3.22. The van der Waals surface area contributed by atoms with Crippen molar-refractivity contribution in [1.82, 2.24) is 10.2 Å². The fourth-order valence-corrected chi connectivity index (χ4v) is 2.74. The summed E-state index contributed by atoms with van der Waals surface area (Å²) in [4.78, 5) is 24.3. The normalized spacial score (nSPS) is 10.9. The topological polar surface area (TPSA) is 109 Å². The van der Waals surface area contributed by atoms with Gasteiger partial charge in [0.25, 0.3) is 5.91 Å². The molecule has 1 amide bonds. The Balaban J connectivity index is 1.30. The van der Waals surface area contributed by atoms with Gasteiger partial charge in [-0.2, -0.15) is 15.3 Å². The van der Waals surface area contributed by atoms with Gasteiger partial charge in [-0.3, -0.25) is 9.89 Å². The zero-order valence-electron chi connectivity index (χ0n) is 15.8. The van der Waals surface area contributed by atoms with Crippen LogP contribution in [0.3, 0.4) is 0 Å². The van der Waals surface area contributed by atoms with Crippen LogP contribution in [0, 0.1) is 0 Å². The monoisotopic (exact) mass is 399 g/mol. The van der Waals surface area contributed by atoms with Crippen molar-refractivity contribution in [2.75, 3.05) is 11.9 Å². The number of benzene rings is 3. The van der Waals surface area contributed by atoms with E-state index in [4.69, 9.17) is 4.74 Å². The van der Waals surface area contributed by atoms with E-state index in [0.717, 1.165) is 11.2 Å². The number of aromatic nitrogens is 2. The van der Waals surface area contributed by atoms with Crippen LogP contribution in [0.5, 0.6) is 0 Å². The standard InChI is InChI=1S/C22H17N5O3/c28-20(14-30-22(29)21-18-8-4-5-9-19(18)26-27-21)23-15-10-12-17(13-11-15)25-24-16-6-2-1-3-7-16/h1-13H,14H2,(H,23,28)(H,26,27). The Labute approximate surface area is 171 Å². The van der Waals surface area contributed by atoms with Crippen molar-refractivity contribution in [1.29, 1.82) is 0 Å². The van der Waals surface area contributed by atoms with Gasteiger partial charge in [0, 0.05) is 11.1 Å². The molecule has 3 aromatic carbocycles. The Hall–Kier alpha value is -4.33. The number of hydrogen-bond donors (Lipinski definition) is 2. The second-order valence-corrected chi connectivity index (χ2v) is 6.32. The molecule has 0 aliphatic heterocycles. The second kappa shape index (κ2) is 8.78. The number of amides is 1. The van der Waals surface area contributed by atoms with Crippen molar-refractivity contribution < 1.29 is 14.3 Å². The van der Waals surface area contributed by atoms with Crippen molar-refractivity contribution in [3.8, 4) is 0 Å². The molecule has 0 saturated heterocycles. The molecule has 0 aliphatic carbocycles. The van der Waals surface area contributed by atoms with Gasteiger partial charge in [0.05, 0.1) is 16.9 Å². The molecule has 8 heteroatoms. The molecule has 1 aromatic heterocycles. The fourth-order valence-electron chi connectivity index (χ4n) is 2.74. The first-order valence-corrected chi connectivity index (χ1v) is 9.16. The zero-order chi connectivity index (χ0) is 20.8. The molecule has 0 bridgehead atoms. The number of azo groups is 1. The maximum Gasteiger partial charge on any atom is 0.359 e. The number of nitrogens with one attached hydrogen (secondary N) is 2. The van der Waals surface area contributed by atoms with Gasteiger partial charge in [0.2, 0.25) is 0 Å². The number of H-pyrrole nitrogens is 1. The highest BCUT2D eigenvalue weighted by Crippen LogP contribution is 2.20. The number of para-hydroxylation sites is 1. The number of esters is 1. The van der Waals surface area contributed by atoms with Crippen LogP contribution in [0.1, 0.15) is 10.5 Å². The molecule has 8 nitrogen and oxygen atoms in total. The highest BCUT2D eigenvalue weighted by atomic mass is 16.5. The summed E-state index contributed by atoms with van der Waals surface area (Å²) in [5, 5.41) is 18.3. The first-order chi connectivity index (χ1) is 14.7. The molecule has 0 atom stereocenters. The highest BCUT2D eigenvalue weighted by molar-refractivity contribution is 6.03. The predicted octanol–water partition coefficient (Wildman–Crippen LogP) is 4.77. The predicted molar refractivity (Wildman–Crippen MR) is 112 cm³/mol. The van der Waals surface area contributed by atoms with Gasteiger partial charge >= 0.3 is 5.97 Å². The second-order valence-electron chi connectivity index (χ2n) is 6.32. The number of carbonyl (C=O) groups is 2. The minimum absolute atomic E-state index is 0.145. The number of hydrogen-bond acceptors (Lipinski definition) is 6. The number of aromatic amines is 1. The first-order valence-electron chi connectivity index (χ1n) is 9.16. The number of fused-ring (bicyclic) bond motifs is 1. The van der Waals surface area contributed by atoms with E-state index in [-0.39, 0.29) is 5.69 Å². The zero-order valence-corrected chi connectivity index (χ0v) is 15.8. The van der Waals surface area contributed by atoms with Crippen LogP contribution < -0.4 is 5.32 Å². The maximum atomic E-state index is 12.2.